The van der Waals surface area contributed by atoms with Crippen LogP contribution in [0.3, 0.4) is 0 Å². The maximum atomic E-state index is 10.5. The Morgan fingerprint density at radius 3 is 2.53 bits per heavy atom. The lowest BCUT2D eigenvalue weighted by molar-refractivity contribution is -0.136. The van der Waals surface area contributed by atoms with Gasteiger partial charge in [0.25, 0.3) is 0 Å². The first kappa shape index (κ1) is 13.3. The fourth-order valence-corrected chi connectivity index (χ4v) is 2.03. The summed E-state index contributed by atoms with van der Waals surface area (Å²) in [5.41, 5.74) is 3.29. The minimum atomic E-state index is -0.758. The second-order valence-electron chi connectivity index (χ2n) is 4.61. The van der Waals surface area contributed by atoms with Gasteiger partial charge in [0, 0.05) is 24.2 Å². The summed E-state index contributed by atoms with van der Waals surface area (Å²) in [6.07, 6.45) is 2.55. The zero-order valence-electron chi connectivity index (χ0n) is 10.9. The maximum Gasteiger partial charge on any atom is 0.303 e. The highest BCUT2D eigenvalue weighted by atomic mass is 16.4. The molecule has 0 fully saturated rings. The van der Waals surface area contributed by atoms with E-state index in [1.165, 1.54) is 5.56 Å². The van der Waals surface area contributed by atoms with Gasteiger partial charge in [-0.2, -0.15) is 0 Å². The maximum absolute atomic E-state index is 10.5. The van der Waals surface area contributed by atoms with Crippen LogP contribution >= 0.6 is 0 Å². The van der Waals surface area contributed by atoms with Crippen LogP contribution in [0, 0.1) is 0 Å². The molecule has 19 heavy (non-hydrogen) atoms. The van der Waals surface area contributed by atoms with E-state index in [0.717, 1.165) is 11.3 Å². The smallest absolute Gasteiger partial charge is 0.303 e. The molecule has 0 saturated heterocycles. The van der Waals surface area contributed by atoms with Crippen molar-refractivity contribution in [1.29, 1.82) is 0 Å². The number of rotatable bonds is 5. The van der Waals surface area contributed by atoms with Gasteiger partial charge in [-0.1, -0.05) is 37.3 Å². The molecule has 2 rings (SSSR count). The second kappa shape index (κ2) is 6.14. The molecule has 0 radical (unpaired) electrons. The molecule has 2 aromatic rings. The molecule has 0 spiro atoms. The van der Waals surface area contributed by atoms with Crippen LogP contribution in [0.1, 0.15) is 36.1 Å². The Bertz CT molecular complexity index is 534. The summed E-state index contributed by atoms with van der Waals surface area (Å²) in [6, 6.07) is 14.0. The van der Waals surface area contributed by atoms with Gasteiger partial charge >= 0.3 is 5.97 Å². The Kier molecular flexibility index (Phi) is 4.29. The third kappa shape index (κ3) is 3.65. The van der Waals surface area contributed by atoms with E-state index in [2.05, 4.69) is 24.0 Å². The first-order chi connectivity index (χ1) is 9.16. The van der Waals surface area contributed by atoms with Crippen molar-refractivity contribution in [3.05, 3.63) is 65.5 Å². The number of carboxylic acids is 1. The van der Waals surface area contributed by atoms with Gasteiger partial charge in [0.15, 0.2) is 0 Å². The molecule has 1 aromatic carbocycles. The Labute approximate surface area is 112 Å². The molecule has 1 unspecified atom stereocenters. The van der Waals surface area contributed by atoms with Crippen molar-refractivity contribution < 1.29 is 9.90 Å². The fraction of sp³-hybridized carbons (Fsp3) is 0.250. The van der Waals surface area contributed by atoms with E-state index in [1.807, 2.05) is 30.3 Å². The Morgan fingerprint density at radius 2 is 1.95 bits per heavy atom. The van der Waals surface area contributed by atoms with Crippen LogP contribution in [0.25, 0.3) is 0 Å². The molecule has 0 bridgehead atoms. The van der Waals surface area contributed by atoms with Gasteiger partial charge in [0.1, 0.15) is 0 Å². The van der Waals surface area contributed by atoms with Gasteiger partial charge in [-0.05, 0) is 29.7 Å². The molecule has 1 N–H and O–H groups in total. The van der Waals surface area contributed by atoms with Crippen molar-refractivity contribution in [2.45, 2.75) is 25.7 Å². The van der Waals surface area contributed by atoms with E-state index in [4.69, 9.17) is 5.11 Å². The van der Waals surface area contributed by atoms with E-state index in [1.54, 1.807) is 6.20 Å². The summed E-state index contributed by atoms with van der Waals surface area (Å²) in [5, 5.41) is 8.66. The molecule has 0 aliphatic carbocycles. The van der Waals surface area contributed by atoms with Crippen molar-refractivity contribution in [3.8, 4) is 0 Å². The van der Waals surface area contributed by atoms with Crippen LogP contribution in [0.4, 0.5) is 0 Å². The normalized spacial score (nSPS) is 12.1. The van der Waals surface area contributed by atoms with Crippen LogP contribution in [-0.4, -0.2) is 16.1 Å². The van der Waals surface area contributed by atoms with Gasteiger partial charge in [-0.3, -0.25) is 9.78 Å². The number of hydrogen-bond acceptors (Lipinski definition) is 2. The number of pyridine rings is 1. The van der Waals surface area contributed by atoms with Crippen molar-refractivity contribution >= 4 is 5.97 Å². The molecular formula is C16H17NO2. The monoisotopic (exact) mass is 255 g/mol. The third-order valence-electron chi connectivity index (χ3n) is 3.24. The number of aromatic nitrogens is 1. The van der Waals surface area contributed by atoms with Gasteiger partial charge in [0.05, 0.1) is 0 Å². The lowest BCUT2D eigenvalue weighted by Crippen LogP contribution is -2.00. The highest BCUT2D eigenvalue weighted by Crippen LogP contribution is 2.22. The summed E-state index contributed by atoms with van der Waals surface area (Å²) < 4.78 is 0. The number of benzene rings is 1. The largest absolute Gasteiger partial charge is 0.481 e. The molecular weight excluding hydrogens is 238 g/mol. The molecule has 1 atom stereocenters. The zero-order valence-corrected chi connectivity index (χ0v) is 10.9. The number of aryl methyl sites for hydroxylation is 1. The highest BCUT2D eigenvalue weighted by molar-refractivity contribution is 5.67. The van der Waals surface area contributed by atoms with Crippen LogP contribution < -0.4 is 0 Å². The number of nitrogens with zero attached hydrogens (tertiary/aromatic N) is 1. The number of carbonyl (C=O) groups is 1. The van der Waals surface area contributed by atoms with E-state index in [9.17, 15) is 4.79 Å². The van der Waals surface area contributed by atoms with Crippen LogP contribution in [0.2, 0.25) is 0 Å². The SMILES string of the molecule is CC(c1ccc(CCC(=O)O)cc1)c1ccccn1. The summed E-state index contributed by atoms with van der Waals surface area (Å²) in [6.45, 7) is 2.12. The summed E-state index contributed by atoms with van der Waals surface area (Å²) in [7, 11) is 0. The summed E-state index contributed by atoms with van der Waals surface area (Å²) >= 11 is 0. The van der Waals surface area contributed by atoms with Gasteiger partial charge in [-0.15, -0.1) is 0 Å². The van der Waals surface area contributed by atoms with Crippen LogP contribution in [0.5, 0.6) is 0 Å². The first-order valence-corrected chi connectivity index (χ1v) is 6.38. The first-order valence-electron chi connectivity index (χ1n) is 6.38. The minimum Gasteiger partial charge on any atom is -0.481 e. The molecule has 0 saturated carbocycles. The Balaban J connectivity index is 2.08. The topological polar surface area (TPSA) is 50.2 Å². The van der Waals surface area contributed by atoms with Crippen LogP contribution in [0.15, 0.2) is 48.7 Å². The third-order valence-corrected chi connectivity index (χ3v) is 3.24. The Hall–Kier alpha value is -2.16. The number of hydrogen-bond donors (Lipinski definition) is 1. The Morgan fingerprint density at radius 1 is 1.21 bits per heavy atom. The summed E-state index contributed by atoms with van der Waals surface area (Å²) in [4.78, 5) is 14.9. The molecule has 0 aliphatic rings. The fourth-order valence-electron chi connectivity index (χ4n) is 2.03. The van der Waals surface area contributed by atoms with Gasteiger partial charge in [0.2, 0.25) is 0 Å². The lowest BCUT2D eigenvalue weighted by atomic mass is 9.95. The van der Waals surface area contributed by atoms with E-state index in [0.29, 0.717) is 6.42 Å². The molecule has 3 heteroatoms. The molecule has 98 valence electrons. The van der Waals surface area contributed by atoms with E-state index >= 15 is 0 Å². The zero-order chi connectivity index (χ0) is 13.7. The van der Waals surface area contributed by atoms with Crippen molar-refractivity contribution in [2.24, 2.45) is 0 Å². The second-order valence-corrected chi connectivity index (χ2v) is 4.61. The highest BCUT2D eigenvalue weighted by Gasteiger charge is 2.09. The minimum absolute atomic E-state index is 0.176. The van der Waals surface area contributed by atoms with Crippen molar-refractivity contribution in [3.63, 3.8) is 0 Å². The predicted octanol–water partition coefficient (Wildman–Crippen LogP) is 3.25. The van der Waals surface area contributed by atoms with Crippen LogP contribution in [-0.2, 0) is 11.2 Å². The lowest BCUT2D eigenvalue weighted by Gasteiger charge is -2.11. The van der Waals surface area contributed by atoms with Gasteiger partial charge < -0.3 is 5.11 Å². The van der Waals surface area contributed by atoms with E-state index in [-0.39, 0.29) is 12.3 Å². The molecule has 0 aliphatic heterocycles. The van der Waals surface area contributed by atoms with Gasteiger partial charge in [-0.25, -0.2) is 0 Å². The van der Waals surface area contributed by atoms with Crippen molar-refractivity contribution in [2.75, 3.05) is 0 Å². The quantitative estimate of drug-likeness (QED) is 0.892. The number of carboxylic acid groups (broad SMARTS) is 1. The summed E-state index contributed by atoms with van der Waals surface area (Å²) in [5.74, 6) is -0.513. The molecule has 1 heterocycles. The molecule has 1 aromatic heterocycles. The average Bonchev–Trinajstić information content (AvgIpc) is 2.46. The molecule has 3 nitrogen and oxygen atoms in total. The van der Waals surface area contributed by atoms with E-state index < -0.39 is 5.97 Å². The predicted molar refractivity (Wildman–Crippen MR) is 74.2 cm³/mol. The number of aliphatic carboxylic acids is 1. The standard InChI is InChI=1S/C16H17NO2/c1-12(15-4-2-3-11-17-15)14-8-5-13(6-9-14)7-10-16(18)19/h2-6,8-9,11-12H,7,10H2,1H3,(H,18,19). The average molecular weight is 255 g/mol. The molecule has 0 amide bonds. The van der Waals surface area contributed by atoms with Crippen molar-refractivity contribution in [1.82, 2.24) is 4.98 Å².